The monoisotopic (exact) mass is 817 g/mol. The minimum atomic E-state index is -4.82. The van der Waals surface area contributed by atoms with Gasteiger partial charge in [0.2, 0.25) is 12.3 Å². The molecule has 1 heterocycles. The van der Waals surface area contributed by atoms with E-state index < -0.39 is 28.4 Å². The quantitative estimate of drug-likeness (QED) is 0.0646. The normalized spacial score (nSPS) is 14.0. The molecule has 1 aliphatic rings. The number of likely N-dealkylation sites (tertiary alicyclic amines) is 1. The van der Waals surface area contributed by atoms with Crippen LogP contribution in [0.25, 0.3) is 0 Å². The molecule has 1 fully saturated rings. The highest BCUT2D eigenvalue weighted by atomic mass is 35.5. The van der Waals surface area contributed by atoms with E-state index in [2.05, 4.69) is 19.2 Å². The minimum absolute atomic E-state index is 0.0127. The van der Waals surface area contributed by atoms with Gasteiger partial charge in [0.1, 0.15) is 11.5 Å². The SMILES string of the molecule is C/C=C\C.CC.CC/C(CCN(C=O)C1CCN(C(=O)C[C@H](Cc2cc(Cl)c(O)c(C(F)(F)F)c2)C(C)=O)CC1)=C(\C)N.CCCCCCCCNCCCC. The van der Waals surface area contributed by atoms with Gasteiger partial charge in [0.05, 0.1) is 10.6 Å². The number of Topliss-reactive ketones (excluding diaryl/α,β-unsaturated/α-hetero) is 1. The number of ketones is 1. The summed E-state index contributed by atoms with van der Waals surface area (Å²) in [6.45, 7) is 21.5. The van der Waals surface area contributed by atoms with Crippen molar-refractivity contribution in [2.75, 3.05) is 32.7 Å². The van der Waals surface area contributed by atoms with Gasteiger partial charge in [-0.15, -0.1) is 0 Å². The maximum absolute atomic E-state index is 13.2. The number of phenolic OH excluding ortho intramolecular Hbond substituents is 1. The molecule has 1 saturated heterocycles. The van der Waals surface area contributed by atoms with Crippen LogP contribution in [0.1, 0.15) is 157 Å². The molecular weight excluding hydrogens is 741 g/mol. The van der Waals surface area contributed by atoms with Crippen molar-refractivity contribution in [2.45, 2.75) is 164 Å². The number of piperidine rings is 1. The Morgan fingerprint density at radius 2 is 1.54 bits per heavy atom. The fourth-order valence-corrected chi connectivity index (χ4v) is 6.36. The summed E-state index contributed by atoms with van der Waals surface area (Å²) in [5.74, 6) is -2.51. The van der Waals surface area contributed by atoms with Gasteiger partial charge < -0.3 is 26.0 Å². The number of allylic oxidation sites excluding steroid dienone is 3. The van der Waals surface area contributed by atoms with E-state index in [1.807, 2.05) is 53.7 Å². The maximum Gasteiger partial charge on any atom is 0.420 e. The third-order valence-corrected chi connectivity index (χ3v) is 10.0. The van der Waals surface area contributed by atoms with E-state index in [4.69, 9.17) is 17.3 Å². The fourth-order valence-electron chi connectivity index (χ4n) is 6.12. The van der Waals surface area contributed by atoms with Crippen LogP contribution in [-0.2, 0) is 27.0 Å². The van der Waals surface area contributed by atoms with Gasteiger partial charge in [0.15, 0.2) is 0 Å². The Morgan fingerprint density at radius 1 is 0.982 bits per heavy atom. The molecule has 56 heavy (non-hydrogen) atoms. The molecule has 4 N–H and O–H groups in total. The van der Waals surface area contributed by atoms with Crippen molar-refractivity contribution in [3.05, 3.63) is 51.7 Å². The van der Waals surface area contributed by atoms with Crippen LogP contribution in [0.4, 0.5) is 13.2 Å². The molecule has 0 radical (unpaired) electrons. The number of benzene rings is 1. The van der Waals surface area contributed by atoms with Gasteiger partial charge in [0.25, 0.3) is 0 Å². The smallest absolute Gasteiger partial charge is 0.420 e. The molecule has 1 aromatic carbocycles. The molecule has 8 nitrogen and oxygen atoms in total. The number of unbranched alkanes of at least 4 members (excludes halogenated alkanes) is 6. The Hall–Kier alpha value is -3.05. The van der Waals surface area contributed by atoms with Gasteiger partial charge in [0, 0.05) is 43.7 Å². The summed E-state index contributed by atoms with van der Waals surface area (Å²) in [4.78, 5) is 40.2. The molecule has 0 unspecified atom stereocenters. The number of phenols is 1. The Morgan fingerprint density at radius 3 is 2.02 bits per heavy atom. The zero-order chi connectivity index (χ0) is 43.1. The van der Waals surface area contributed by atoms with Crippen molar-refractivity contribution in [1.82, 2.24) is 15.1 Å². The Labute approximate surface area is 342 Å². The third-order valence-electron chi connectivity index (χ3n) is 9.73. The second kappa shape index (κ2) is 33.0. The first-order valence-electron chi connectivity index (χ1n) is 20.9. The van der Waals surface area contributed by atoms with Gasteiger partial charge in [-0.05, 0) is 103 Å². The number of nitrogens with zero attached hydrogens (tertiary/aromatic N) is 2. The Balaban J connectivity index is 0. The molecule has 12 heteroatoms. The van der Waals surface area contributed by atoms with Crippen LogP contribution in [0.15, 0.2) is 35.6 Å². The number of nitrogens with one attached hydrogen (secondary N) is 1. The van der Waals surface area contributed by atoms with Crippen molar-refractivity contribution in [3.63, 3.8) is 0 Å². The highest BCUT2D eigenvalue weighted by molar-refractivity contribution is 6.32. The fraction of sp³-hybridized carbons (Fsp3) is 0.705. The Kier molecular flexibility index (Phi) is 32.4. The summed E-state index contributed by atoms with van der Waals surface area (Å²) in [5, 5.41) is 12.7. The standard InChI is InChI=1S/C26H35ClF3N3O4.C12H27N.C4H8.C2H6/c1-4-19(16(2)31)5-8-33(15-34)21-6-9-32(10-7-21)24(36)14-20(17(3)35)11-18-12-22(26(28,29)30)25(37)23(27)13-18;1-3-5-7-8-9-10-12-13-11-6-4-2;1-3-4-2;1-2/h12-13,15,20-21,37H,4-11,14,31H2,1-3H3;13H,3-12H2,1-2H3;3-4H,1-2H3;1-2H3/b19-16-;;4-3-;/t20-;;;/m0.../s1. The molecule has 0 saturated carbocycles. The summed E-state index contributed by atoms with van der Waals surface area (Å²) >= 11 is 5.78. The minimum Gasteiger partial charge on any atom is -0.506 e. The molecule has 0 aromatic heterocycles. The molecular formula is C44H76ClF3N4O4. The van der Waals surface area contributed by atoms with Gasteiger partial charge >= 0.3 is 6.18 Å². The predicted octanol–water partition coefficient (Wildman–Crippen LogP) is 11.0. The number of alkyl halides is 3. The van der Waals surface area contributed by atoms with Gasteiger partial charge in [-0.3, -0.25) is 14.4 Å². The van der Waals surface area contributed by atoms with E-state index in [1.54, 1.807) is 9.80 Å². The summed E-state index contributed by atoms with van der Waals surface area (Å²) in [7, 11) is 0. The number of carbonyl (C=O) groups is 3. The number of hydrogen-bond donors (Lipinski definition) is 3. The van der Waals surface area contributed by atoms with E-state index in [9.17, 15) is 32.7 Å². The first-order chi connectivity index (χ1) is 26.6. The molecule has 2 rings (SSSR count). The van der Waals surface area contributed by atoms with Crippen molar-refractivity contribution in [2.24, 2.45) is 11.7 Å². The van der Waals surface area contributed by atoms with Crippen LogP contribution in [0.2, 0.25) is 5.02 Å². The summed E-state index contributed by atoms with van der Waals surface area (Å²) in [6, 6.07) is 1.92. The second-order valence-corrected chi connectivity index (χ2v) is 14.5. The van der Waals surface area contributed by atoms with E-state index in [-0.39, 0.29) is 36.1 Å². The van der Waals surface area contributed by atoms with Gasteiger partial charge in [-0.1, -0.05) is 102 Å². The summed E-state index contributed by atoms with van der Waals surface area (Å²) in [6.07, 6.45) is 13.5. The lowest BCUT2D eigenvalue weighted by molar-refractivity contribution is -0.139. The Bertz CT molecular complexity index is 1260. The van der Waals surface area contributed by atoms with Crippen LogP contribution in [0.5, 0.6) is 5.75 Å². The number of carbonyl (C=O) groups excluding carboxylic acids is 3. The van der Waals surface area contributed by atoms with Crippen LogP contribution in [0, 0.1) is 5.92 Å². The molecule has 0 bridgehead atoms. The average molecular weight is 818 g/mol. The number of hydrogen-bond acceptors (Lipinski definition) is 6. The summed E-state index contributed by atoms with van der Waals surface area (Å²) in [5.41, 5.74) is 6.58. The highest BCUT2D eigenvalue weighted by Gasteiger charge is 2.36. The predicted molar refractivity (Wildman–Crippen MR) is 228 cm³/mol. The van der Waals surface area contributed by atoms with Crippen molar-refractivity contribution in [3.8, 4) is 5.75 Å². The van der Waals surface area contributed by atoms with Crippen LogP contribution < -0.4 is 11.1 Å². The van der Waals surface area contributed by atoms with Crippen molar-refractivity contribution < 1.29 is 32.7 Å². The van der Waals surface area contributed by atoms with Crippen molar-refractivity contribution in [1.29, 1.82) is 0 Å². The van der Waals surface area contributed by atoms with Gasteiger partial charge in [-0.25, -0.2) is 0 Å². The van der Waals surface area contributed by atoms with Crippen LogP contribution in [0.3, 0.4) is 0 Å². The molecule has 324 valence electrons. The first kappa shape index (κ1) is 55.0. The molecule has 1 aliphatic heterocycles. The second-order valence-electron chi connectivity index (χ2n) is 14.1. The van der Waals surface area contributed by atoms with Crippen LogP contribution in [-0.4, -0.2) is 71.8 Å². The molecule has 2 amide bonds. The number of nitrogens with two attached hydrogens (primary N) is 1. The number of rotatable bonds is 21. The lowest BCUT2D eigenvalue weighted by Crippen LogP contribution is -2.47. The molecule has 1 atom stereocenters. The average Bonchev–Trinajstić information content (AvgIpc) is 3.17. The number of halogens is 4. The molecule has 0 aliphatic carbocycles. The van der Waals surface area contributed by atoms with Crippen LogP contribution >= 0.6 is 11.6 Å². The highest BCUT2D eigenvalue weighted by Crippen LogP contribution is 2.41. The first-order valence-corrected chi connectivity index (χ1v) is 21.3. The van der Waals surface area contributed by atoms with E-state index in [0.717, 1.165) is 30.2 Å². The molecule has 0 spiro atoms. The lowest BCUT2D eigenvalue weighted by Gasteiger charge is -2.37. The van der Waals surface area contributed by atoms with E-state index >= 15 is 0 Å². The molecule has 1 aromatic rings. The largest absolute Gasteiger partial charge is 0.506 e. The summed E-state index contributed by atoms with van der Waals surface area (Å²) < 4.78 is 39.7. The zero-order valence-corrected chi connectivity index (χ0v) is 36.9. The van der Waals surface area contributed by atoms with Gasteiger partial charge in [-0.2, -0.15) is 13.2 Å². The van der Waals surface area contributed by atoms with Crippen molar-refractivity contribution >= 4 is 29.7 Å². The van der Waals surface area contributed by atoms with E-state index in [1.165, 1.54) is 77.4 Å². The topological polar surface area (TPSA) is 116 Å². The third kappa shape index (κ3) is 23.9. The number of amides is 2. The number of aromatic hydroxyl groups is 1. The van der Waals surface area contributed by atoms with E-state index in [0.29, 0.717) is 38.9 Å². The maximum atomic E-state index is 13.2. The lowest BCUT2D eigenvalue weighted by atomic mass is 9.91. The zero-order valence-electron chi connectivity index (χ0n) is 36.1.